The second-order valence-corrected chi connectivity index (χ2v) is 8.52. The molecule has 1 aliphatic heterocycles. The number of anilines is 1. The minimum atomic E-state index is -0.0845. The first kappa shape index (κ1) is 19.1. The average Bonchev–Trinajstić information content (AvgIpc) is 3.15. The zero-order valence-electron chi connectivity index (χ0n) is 16.8. The van der Waals surface area contributed by atoms with Crippen molar-refractivity contribution >= 4 is 37.7 Å². The van der Waals surface area contributed by atoms with E-state index in [4.69, 9.17) is 0 Å². The van der Waals surface area contributed by atoms with Crippen LogP contribution in [-0.4, -0.2) is 75.6 Å². The smallest absolute Gasteiger partial charge is 0.275 e. The summed E-state index contributed by atoms with van der Waals surface area (Å²) in [6.07, 6.45) is 3.34. The van der Waals surface area contributed by atoms with Gasteiger partial charge in [-0.1, -0.05) is 18.2 Å². The Labute approximate surface area is 177 Å². The standard InChI is InChI=1S/C21H23N7OS/c1-26-9-11-27(12-10-26)8-7-22-21-23-13-16-17-18(30-19(16)25-21)20(29)28(14-24-17)15-5-3-2-4-6-15/h2-6,13-14H,7-12H2,1H3,(H,22,23,25). The van der Waals surface area contributed by atoms with E-state index in [0.717, 1.165) is 55.2 Å². The highest BCUT2D eigenvalue weighted by atomic mass is 32.1. The van der Waals surface area contributed by atoms with E-state index in [-0.39, 0.29) is 5.56 Å². The lowest BCUT2D eigenvalue weighted by molar-refractivity contribution is 0.158. The number of rotatable bonds is 5. The van der Waals surface area contributed by atoms with Gasteiger partial charge in [0.15, 0.2) is 0 Å². The van der Waals surface area contributed by atoms with E-state index in [2.05, 4.69) is 37.1 Å². The third-order valence-corrected chi connectivity index (χ3v) is 6.56. The molecular formula is C21H23N7OS. The maximum Gasteiger partial charge on any atom is 0.275 e. The van der Waals surface area contributed by atoms with Crippen LogP contribution in [0.3, 0.4) is 0 Å². The van der Waals surface area contributed by atoms with E-state index < -0.39 is 0 Å². The van der Waals surface area contributed by atoms with Gasteiger partial charge in [-0.3, -0.25) is 14.3 Å². The monoisotopic (exact) mass is 421 g/mol. The number of nitrogens with zero attached hydrogens (tertiary/aromatic N) is 6. The highest BCUT2D eigenvalue weighted by Gasteiger charge is 2.15. The lowest BCUT2D eigenvalue weighted by atomic mass is 10.3. The normalized spacial score (nSPS) is 15.8. The van der Waals surface area contributed by atoms with Crippen LogP contribution in [0.5, 0.6) is 0 Å². The molecule has 1 N–H and O–H groups in total. The van der Waals surface area contributed by atoms with Crippen molar-refractivity contribution in [1.29, 1.82) is 0 Å². The molecule has 30 heavy (non-hydrogen) atoms. The van der Waals surface area contributed by atoms with Gasteiger partial charge in [-0.05, 0) is 19.2 Å². The topological polar surface area (TPSA) is 79.2 Å². The summed E-state index contributed by atoms with van der Waals surface area (Å²) in [5.74, 6) is 0.589. The molecule has 0 saturated carbocycles. The Hall–Kier alpha value is -2.88. The summed E-state index contributed by atoms with van der Waals surface area (Å²) in [5, 5.41) is 4.13. The molecule has 0 unspecified atom stereocenters. The zero-order valence-corrected chi connectivity index (χ0v) is 17.6. The summed E-state index contributed by atoms with van der Waals surface area (Å²) < 4.78 is 2.17. The molecule has 1 aromatic carbocycles. The summed E-state index contributed by atoms with van der Waals surface area (Å²) >= 11 is 1.37. The molecule has 4 aromatic rings. The highest BCUT2D eigenvalue weighted by molar-refractivity contribution is 7.25. The Morgan fingerprint density at radius 2 is 1.90 bits per heavy atom. The molecule has 1 saturated heterocycles. The van der Waals surface area contributed by atoms with Crippen molar-refractivity contribution in [1.82, 2.24) is 29.3 Å². The highest BCUT2D eigenvalue weighted by Crippen LogP contribution is 2.29. The summed E-state index contributed by atoms with van der Waals surface area (Å²) in [4.78, 5) is 32.2. The Balaban J connectivity index is 1.37. The van der Waals surface area contributed by atoms with E-state index in [1.165, 1.54) is 11.3 Å². The summed E-state index contributed by atoms with van der Waals surface area (Å²) in [6, 6.07) is 9.52. The third kappa shape index (κ3) is 3.67. The van der Waals surface area contributed by atoms with Gasteiger partial charge in [0.25, 0.3) is 5.56 Å². The fraction of sp³-hybridized carbons (Fsp3) is 0.333. The minimum Gasteiger partial charge on any atom is -0.353 e. The molecule has 154 valence electrons. The van der Waals surface area contributed by atoms with Gasteiger partial charge in [-0.2, -0.15) is 0 Å². The summed E-state index contributed by atoms with van der Waals surface area (Å²) in [5.41, 5.74) is 1.38. The molecule has 9 heteroatoms. The van der Waals surface area contributed by atoms with Crippen LogP contribution >= 0.6 is 11.3 Å². The van der Waals surface area contributed by atoms with Crippen molar-refractivity contribution in [2.24, 2.45) is 0 Å². The van der Waals surface area contributed by atoms with Crippen LogP contribution in [0.1, 0.15) is 0 Å². The molecule has 0 radical (unpaired) electrons. The average molecular weight is 422 g/mol. The predicted octanol–water partition coefficient (Wildman–Crippen LogP) is 2.05. The number of thiophene rings is 1. The molecule has 0 atom stereocenters. The van der Waals surface area contributed by atoms with Crippen molar-refractivity contribution in [3.63, 3.8) is 0 Å². The van der Waals surface area contributed by atoms with Gasteiger partial charge in [-0.15, -0.1) is 11.3 Å². The van der Waals surface area contributed by atoms with Gasteiger partial charge in [0, 0.05) is 45.5 Å². The van der Waals surface area contributed by atoms with Crippen LogP contribution in [0, 0.1) is 0 Å². The van der Waals surface area contributed by atoms with Crippen molar-refractivity contribution in [2.75, 3.05) is 51.6 Å². The number of fused-ring (bicyclic) bond motifs is 3. The van der Waals surface area contributed by atoms with Crippen LogP contribution in [0.4, 0.5) is 5.95 Å². The second kappa shape index (κ2) is 8.10. The molecule has 0 bridgehead atoms. The molecule has 3 aromatic heterocycles. The number of benzene rings is 1. The number of hydrogen-bond acceptors (Lipinski definition) is 8. The van der Waals surface area contributed by atoms with E-state index in [1.54, 1.807) is 17.1 Å². The quantitative estimate of drug-likeness (QED) is 0.528. The molecule has 0 amide bonds. The van der Waals surface area contributed by atoms with Gasteiger partial charge < -0.3 is 10.2 Å². The van der Waals surface area contributed by atoms with Crippen molar-refractivity contribution in [3.8, 4) is 5.69 Å². The van der Waals surface area contributed by atoms with E-state index in [0.29, 0.717) is 16.2 Å². The Morgan fingerprint density at radius 1 is 1.10 bits per heavy atom. The van der Waals surface area contributed by atoms with Crippen LogP contribution in [0.25, 0.3) is 26.1 Å². The van der Waals surface area contributed by atoms with Gasteiger partial charge in [0.2, 0.25) is 5.95 Å². The summed E-state index contributed by atoms with van der Waals surface area (Å²) in [6.45, 7) is 6.15. The fourth-order valence-corrected chi connectivity index (χ4v) is 4.71. The number of nitrogens with one attached hydrogen (secondary N) is 1. The molecular weight excluding hydrogens is 398 g/mol. The Kier molecular flexibility index (Phi) is 5.16. The molecule has 0 spiro atoms. The minimum absolute atomic E-state index is 0.0845. The van der Waals surface area contributed by atoms with E-state index in [1.807, 2.05) is 30.3 Å². The maximum absolute atomic E-state index is 13.0. The molecule has 1 aliphatic rings. The van der Waals surface area contributed by atoms with Crippen molar-refractivity contribution in [2.45, 2.75) is 0 Å². The van der Waals surface area contributed by atoms with Crippen LogP contribution in [-0.2, 0) is 0 Å². The largest absolute Gasteiger partial charge is 0.353 e. The Morgan fingerprint density at radius 3 is 2.70 bits per heavy atom. The SMILES string of the molecule is CN1CCN(CCNc2ncc3c(n2)sc2c(=O)n(-c4ccccc4)cnc23)CC1. The van der Waals surface area contributed by atoms with E-state index in [9.17, 15) is 4.79 Å². The number of aromatic nitrogens is 4. The first-order chi connectivity index (χ1) is 14.7. The lowest BCUT2D eigenvalue weighted by Gasteiger charge is -2.32. The zero-order chi connectivity index (χ0) is 20.5. The van der Waals surface area contributed by atoms with Crippen molar-refractivity contribution in [3.05, 3.63) is 53.2 Å². The maximum atomic E-state index is 13.0. The summed E-state index contributed by atoms with van der Waals surface area (Å²) in [7, 11) is 2.16. The fourth-order valence-electron chi connectivity index (χ4n) is 3.68. The molecule has 1 fully saturated rings. The molecule has 5 rings (SSSR count). The van der Waals surface area contributed by atoms with Crippen LogP contribution in [0.2, 0.25) is 0 Å². The number of likely N-dealkylation sites (N-methyl/N-ethyl adjacent to an activating group) is 1. The van der Waals surface area contributed by atoms with Gasteiger partial charge in [0.05, 0.1) is 16.6 Å². The predicted molar refractivity (Wildman–Crippen MR) is 121 cm³/mol. The van der Waals surface area contributed by atoms with Gasteiger partial charge in [0.1, 0.15) is 15.9 Å². The number of piperazine rings is 1. The first-order valence-corrected chi connectivity index (χ1v) is 10.9. The first-order valence-electron chi connectivity index (χ1n) is 10.1. The van der Waals surface area contributed by atoms with Crippen molar-refractivity contribution < 1.29 is 0 Å². The number of para-hydroxylation sites is 1. The number of hydrogen-bond donors (Lipinski definition) is 1. The lowest BCUT2D eigenvalue weighted by Crippen LogP contribution is -2.45. The molecule has 8 nitrogen and oxygen atoms in total. The van der Waals surface area contributed by atoms with Gasteiger partial charge >= 0.3 is 0 Å². The molecule has 0 aliphatic carbocycles. The Bertz CT molecular complexity index is 1230. The van der Waals surface area contributed by atoms with Crippen LogP contribution < -0.4 is 10.9 Å². The van der Waals surface area contributed by atoms with Crippen LogP contribution in [0.15, 0.2) is 47.7 Å². The van der Waals surface area contributed by atoms with E-state index >= 15 is 0 Å². The second-order valence-electron chi connectivity index (χ2n) is 7.52. The van der Waals surface area contributed by atoms with Gasteiger partial charge in [-0.25, -0.2) is 15.0 Å². The molecule has 4 heterocycles. The third-order valence-electron chi connectivity index (χ3n) is 5.48.